The van der Waals surface area contributed by atoms with E-state index in [4.69, 9.17) is 5.73 Å². The summed E-state index contributed by atoms with van der Waals surface area (Å²) in [5, 5.41) is 2.75. The molecule has 1 aliphatic heterocycles. The fraction of sp³-hybridized carbons (Fsp3) is 0.200. The molecule has 2 N–H and O–H groups in total. The Balaban J connectivity index is 1.38. The summed E-state index contributed by atoms with van der Waals surface area (Å²) in [5.74, 6) is 0.215. The van der Waals surface area contributed by atoms with Gasteiger partial charge in [-0.1, -0.05) is 6.07 Å². The van der Waals surface area contributed by atoms with Crippen molar-refractivity contribution in [1.82, 2.24) is 19.8 Å². The highest BCUT2D eigenvalue weighted by Gasteiger charge is 2.26. The Morgan fingerprint density at radius 3 is 2.90 bits per heavy atom. The zero-order chi connectivity index (χ0) is 20.4. The smallest absolute Gasteiger partial charge is 0.247 e. The first-order valence-electron chi connectivity index (χ1n) is 8.97. The average molecular weight is 472 g/mol. The van der Waals surface area contributed by atoms with E-state index in [2.05, 4.69) is 25.9 Å². The molecular formula is C20H18BrN5O2S. The number of hydrogen-bond acceptors (Lipinski definition) is 6. The van der Waals surface area contributed by atoms with Crippen LogP contribution < -0.4 is 5.73 Å². The van der Waals surface area contributed by atoms with E-state index in [9.17, 15) is 9.59 Å². The van der Waals surface area contributed by atoms with Crippen molar-refractivity contribution in [2.45, 2.75) is 6.54 Å². The molecule has 1 saturated heterocycles. The maximum absolute atomic E-state index is 12.6. The van der Waals surface area contributed by atoms with E-state index in [1.54, 1.807) is 27.2 Å². The van der Waals surface area contributed by atoms with Gasteiger partial charge in [0.2, 0.25) is 11.8 Å². The lowest BCUT2D eigenvalue weighted by atomic mass is 10.1. The third-order valence-corrected chi connectivity index (χ3v) is 6.37. The molecule has 0 aliphatic carbocycles. The summed E-state index contributed by atoms with van der Waals surface area (Å²) in [6.07, 6.45) is 4.73. The number of carbonyl (C=O) groups is 2. The van der Waals surface area contributed by atoms with Gasteiger partial charge in [0.15, 0.2) is 0 Å². The van der Waals surface area contributed by atoms with Crippen molar-refractivity contribution in [1.29, 1.82) is 0 Å². The van der Waals surface area contributed by atoms with Crippen LogP contribution in [0.2, 0.25) is 0 Å². The molecule has 0 saturated carbocycles. The summed E-state index contributed by atoms with van der Waals surface area (Å²) >= 11 is 4.94. The SMILES string of the molecule is Nc1ncnc2cc(CN3CCN(C(=O)/C=C/c4cc(Br)cs4)CC3=O)ccc12. The van der Waals surface area contributed by atoms with Gasteiger partial charge in [0.25, 0.3) is 0 Å². The maximum atomic E-state index is 12.6. The number of amides is 2. The van der Waals surface area contributed by atoms with E-state index < -0.39 is 0 Å². The number of nitrogens with zero attached hydrogens (tertiary/aromatic N) is 4. The summed E-state index contributed by atoms with van der Waals surface area (Å²) in [5.41, 5.74) is 7.58. The number of anilines is 1. The van der Waals surface area contributed by atoms with Crippen LogP contribution in [0.4, 0.5) is 5.82 Å². The molecule has 148 valence electrons. The van der Waals surface area contributed by atoms with E-state index in [1.807, 2.05) is 29.6 Å². The second-order valence-electron chi connectivity index (χ2n) is 6.69. The predicted octanol–water partition coefficient (Wildman–Crippen LogP) is 2.92. The van der Waals surface area contributed by atoms with Crippen LogP contribution in [0.15, 0.2) is 46.5 Å². The minimum Gasteiger partial charge on any atom is -0.383 e. The molecule has 1 aliphatic rings. The summed E-state index contributed by atoms with van der Waals surface area (Å²) in [6.45, 7) is 1.55. The molecule has 0 unspecified atom stereocenters. The van der Waals surface area contributed by atoms with Crippen LogP contribution in [0.5, 0.6) is 0 Å². The zero-order valence-electron chi connectivity index (χ0n) is 15.4. The molecule has 1 fully saturated rings. The summed E-state index contributed by atoms with van der Waals surface area (Å²) < 4.78 is 0.987. The van der Waals surface area contributed by atoms with Crippen LogP contribution in [0.3, 0.4) is 0 Å². The van der Waals surface area contributed by atoms with E-state index in [1.165, 1.54) is 12.4 Å². The minimum atomic E-state index is -0.152. The highest BCUT2D eigenvalue weighted by atomic mass is 79.9. The maximum Gasteiger partial charge on any atom is 0.247 e. The minimum absolute atomic E-state index is 0.0702. The second-order valence-corrected chi connectivity index (χ2v) is 8.54. The monoisotopic (exact) mass is 471 g/mol. The molecule has 2 aromatic heterocycles. The van der Waals surface area contributed by atoms with Crippen molar-refractivity contribution in [3.8, 4) is 0 Å². The molecule has 1 aromatic carbocycles. The molecule has 0 radical (unpaired) electrons. The van der Waals surface area contributed by atoms with E-state index in [0.29, 0.717) is 25.5 Å². The van der Waals surface area contributed by atoms with Gasteiger partial charge in [-0.05, 0) is 45.8 Å². The van der Waals surface area contributed by atoms with Gasteiger partial charge in [-0.25, -0.2) is 9.97 Å². The highest BCUT2D eigenvalue weighted by molar-refractivity contribution is 9.10. The number of hydrogen-bond donors (Lipinski definition) is 1. The van der Waals surface area contributed by atoms with Crippen LogP contribution in [0.25, 0.3) is 17.0 Å². The average Bonchev–Trinajstić information content (AvgIpc) is 3.13. The number of carbonyl (C=O) groups excluding carboxylic acids is 2. The first kappa shape index (κ1) is 19.5. The number of halogens is 1. The number of benzene rings is 1. The lowest BCUT2D eigenvalue weighted by molar-refractivity contribution is -0.143. The Morgan fingerprint density at radius 1 is 1.28 bits per heavy atom. The molecule has 7 nitrogen and oxygen atoms in total. The second kappa shape index (κ2) is 8.30. The third kappa shape index (κ3) is 4.46. The topological polar surface area (TPSA) is 92.4 Å². The van der Waals surface area contributed by atoms with Crippen molar-refractivity contribution in [3.05, 3.63) is 57.0 Å². The number of rotatable bonds is 4. The Kier molecular flexibility index (Phi) is 5.59. The van der Waals surface area contributed by atoms with Gasteiger partial charge in [-0.15, -0.1) is 11.3 Å². The highest BCUT2D eigenvalue weighted by Crippen LogP contribution is 2.21. The Bertz CT molecular complexity index is 1110. The Labute approximate surface area is 180 Å². The molecular weight excluding hydrogens is 454 g/mol. The van der Waals surface area contributed by atoms with Crippen molar-refractivity contribution in [3.63, 3.8) is 0 Å². The Hall–Kier alpha value is -2.78. The van der Waals surface area contributed by atoms with Crippen molar-refractivity contribution < 1.29 is 9.59 Å². The van der Waals surface area contributed by atoms with Crippen LogP contribution in [-0.2, 0) is 16.1 Å². The van der Waals surface area contributed by atoms with Crippen LogP contribution in [0, 0.1) is 0 Å². The summed E-state index contributed by atoms with van der Waals surface area (Å²) in [4.78, 5) is 37.5. The molecule has 3 aromatic rings. The summed E-state index contributed by atoms with van der Waals surface area (Å²) in [7, 11) is 0. The lowest BCUT2D eigenvalue weighted by Crippen LogP contribution is -2.51. The van der Waals surface area contributed by atoms with Crippen molar-refractivity contribution in [2.75, 3.05) is 25.4 Å². The number of fused-ring (bicyclic) bond motifs is 1. The molecule has 3 heterocycles. The van der Waals surface area contributed by atoms with Gasteiger partial charge < -0.3 is 15.5 Å². The fourth-order valence-corrected chi connectivity index (χ4v) is 4.52. The number of nitrogens with two attached hydrogens (primary N) is 1. The van der Waals surface area contributed by atoms with E-state index in [-0.39, 0.29) is 18.4 Å². The zero-order valence-corrected chi connectivity index (χ0v) is 17.8. The largest absolute Gasteiger partial charge is 0.383 e. The first-order chi connectivity index (χ1) is 14.0. The standard InChI is InChI=1S/C20H18BrN5O2S/c21-14-8-15(29-11-14)2-4-18(27)26-6-5-25(19(28)10-26)9-13-1-3-16-17(7-13)23-12-24-20(16)22/h1-4,7-8,11-12H,5-6,9-10H2,(H2,22,23,24)/b4-2+. The van der Waals surface area contributed by atoms with E-state index in [0.717, 1.165) is 25.8 Å². The normalized spacial score (nSPS) is 14.9. The van der Waals surface area contributed by atoms with Crippen LogP contribution in [-0.4, -0.2) is 51.2 Å². The molecule has 2 amide bonds. The Morgan fingerprint density at radius 2 is 2.14 bits per heavy atom. The van der Waals surface area contributed by atoms with Gasteiger partial charge in [0.1, 0.15) is 18.7 Å². The molecule has 4 rings (SSSR count). The predicted molar refractivity (Wildman–Crippen MR) is 117 cm³/mol. The van der Waals surface area contributed by atoms with Gasteiger partial charge in [0, 0.05) is 45.8 Å². The van der Waals surface area contributed by atoms with Gasteiger partial charge >= 0.3 is 0 Å². The molecule has 0 bridgehead atoms. The quantitative estimate of drug-likeness (QED) is 0.590. The van der Waals surface area contributed by atoms with Crippen molar-refractivity contribution >= 4 is 61.9 Å². The first-order valence-corrected chi connectivity index (χ1v) is 10.6. The van der Waals surface area contributed by atoms with Gasteiger partial charge in [-0.3, -0.25) is 9.59 Å². The third-order valence-electron chi connectivity index (χ3n) is 4.71. The van der Waals surface area contributed by atoms with Crippen LogP contribution >= 0.6 is 27.3 Å². The number of thiophene rings is 1. The summed E-state index contributed by atoms with van der Waals surface area (Å²) in [6, 6.07) is 7.66. The van der Waals surface area contributed by atoms with Crippen LogP contribution in [0.1, 0.15) is 10.4 Å². The van der Waals surface area contributed by atoms with Gasteiger partial charge in [-0.2, -0.15) is 0 Å². The number of piperazine rings is 1. The number of nitrogen functional groups attached to an aromatic ring is 1. The fourth-order valence-electron chi connectivity index (χ4n) is 3.18. The molecule has 9 heteroatoms. The van der Waals surface area contributed by atoms with Crippen molar-refractivity contribution in [2.24, 2.45) is 0 Å². The van der Waals surface area contributed by atoms with Gasteiger partial charge in [0.05, 0.1) is 5.52 Å². The molecule has 29 heavy (non-hydrogen) atoms. The lowest BCUT2D eigenvalue weighted by Gasteiger charge is -2.34. The van der Waals surface area contributed by atoms with E-state index >= 15 is 0 Å². The molecule has 0 atom stereocenters. The molecule has 0 spiro atoms. The number of aromatic nitrogens is 2.